The van der Waals surface area contributed by atoms with Crippen LogP contribution in [0.4, 0.5) is 0 Å². The lowest BCUT2D eigenvalue weighted by molar-refractivity contribution is -0.128. The molecule has 15 heavy (non-hydrogen) atoms. The summed E-state index contributed by atoms with van der Waals surface area (Å²) in [7, 11) is 3.39. The first-order valence-electron chi connectivity index (χ1n) is 4.54. The number of hydrogen-bond donors (Lipinski definition) is 0. The van der Waals surface area contributed by atoms with Crippen molar-refractivity contribution in [1.29, 1.82) is 0 Å². The number of carbonyl (C=O) groups is 1. The molecule has 0 aliphatic heterocycles. The maximum atomic E-state index is 11.6. The highest BCUT2D eigenvalue weighted by Crippen LogP contribution is 2.26. The van der Waals surface area contributed by atoms with Gasteiger partial charge in [0.05, 0.1) is 0 Å². The molecule has 1 atom stereocenters. The van der Waals surface area contributed by atoms with Crippen molar-refractivity contribution >= 4 is 33.4 Å². The van der Waals surface area contributed by atoms with Crippen molar-refractivity contribution < 1.29 is 4.79 Å². The molecule has 0 bridgehead atoms. The number of halogens is 2. The quantitative estimate of drug-likeness (QED) is 0.766. The fraction of sp³-hybridized carbons (Fsp3) is 0.364. The third-order valence-corrected chi connectivity index (χ3v) is 3.44. The largest absolute Gasteiger partial charge is 0.347 e. The molecule has 1 aromatic carbocycles. The van der Waals surface area contributed by atoms with Gasteiger partial charge >= 0.3 is 0 Å². The van der Waals surface area contributed by atoms with Crippen LogP contribution in [0.1, 0.15) is 16.5 Å². The van der Waals surface area contributed by atoms with E-state index in [9.17, 15) is 4.79 Å². The van der Waals surface area contributed by atoms with Crippen LogP contribution >= 0.6 is 27.5 Å². The molecule has 1 unspecified atom stereocenters. The van der Waals surface area contributed by atoms with E-state index >= 15 is 0 Å². The second-order valence-electron chi connectivity index (χ2n) is 3.60. The predicted molar refractivity (Wildman–Crippen MR) is 66.2 cm³/mol. The second-order valence-corrected chi connectivity index (χ2v) is 4.89. The molecule has 4 heteroatoms. The topological polar surface area (TPSA) is 20.3 Å². The first-order chi connectivity index (χ1) is 6.93. The monoisotopic (exact) mass is 289 g/mol. The van der Waals surface area contributed by atoms with Gasteiger partial charge in [0.1, 0.15) is 5.38 Å². The number of rotatable bonds is 2. The third-order valence-electron chi connectivity index (χ3n) is 2.15. The molecule has 2 nitrogen and oxygen atoms in total. The molecule has 0 aromatic heterocycles. The highest BCUT2D eigenvalue weighted by Gasteiger charge is 2.19. The third kappa shape index (κ3) is 2.95. The van der Waals surface area contributed by atoms with E-state index < -0.39 is 5.38 Å². The molecule has 1 aromatic rings. The van der Waals surface area contributed by atoms with Crippen molar-refractivity contribution in [3.05, 3.63) is 33.8 Å². The van der Waals surface area contributed by atoms with Crippen LogP contribution in [-0.2, 0) is 4.79 Å². The summed E-state index contributed by atoms with van der Waals surface area (Å²) in [4.78, 5) is 13.1. The van der Waals surface area contributed by atoms with Crippen LogP contribution < -0.4 is 0 Å². The fourth-order valence-electron chi connectivity index (χ4n) is 1.14. The molecule has 0 aliphatic carbocycles. The summed E-state index contributed by atoms with van der Waals surface area (Å²) < 4.78 is 0.970. The molecule has 1 rings (SSSR count). The van der Waals surface area contributed by atoms with Crippen molar-refractivity contribution in [3.8, 4) is 0 Å². The molecule has 0 saturated heterocycles. The Morgan fingerprint density at radius 3 is 2.53 bits per heavy atom. The summed E-state index contributed by atoms with van der Waals surface area (Å²) >= 11 is 9.48. The van der Waals surface area contributed by atoms with Gasteiger partial charge in [0, 0.05) is 18.6 Å². The van der Waals surface area contributed by atoms with Crippen LogP contribution in [0.25, 0.3) is 0 Å². The summed E-state index contributed by atoms with van der Waals surface area (Å²) in [6.45, 7) is 1.99. The minimum Gasteiger partial charge on any atom is -0.347 e. The Kier molecular flexibility index (Phi) is 4.17. The van der Waals surface area contributed by atoms with Crippen molar-refractivity contribution in [2.24, 2.45) is 0 Å². The summed E-state index contributed by atoms with van der Waals surface area (Å²) in [5.41, 5.74) is 1.94. The SMILES string of the molecule is Cc1ccc(C(Cl)C(=O)N(C)C)cc1Br. The summed E-state index contributed by atoms with van der Waals surface area (Å²) in [5, 5.41) is -0.614. The normalized spacial score (nSPS) is 12.3. The highest BCUT2D eigenvalue weighted by molar-refractivity contribution is 9.10. The standard InChI is InChI=1S/C11H13BrClNO/c1-7-4-5-8(6-9(7)12)10(13)11(15)14(2)3/h4-6,10H,1-3H3. The van der Waals surface area contributed by atoms with E-state index in [-0.39, 0.29) is 5.91 Å². The Morgan fingerprint density at radius 1 is 1.47 bits per heavy atom. The molecule has 0 saturated carbocycles. The van der Waals surface area contributed by atoms with Gasteiger partial charge in [-0.3, -0.25) is 4.79 Å². The van der Waals surface area contributed by atoms with Gasteiger partial charge in [0.2, 0.25) is 5.91 Å². The van der Waals surface area contributed by atoms with Crippen molar-refractivity contribution in [2.45, 2.75) is 12.3 Å². The summed E-state index contributed by atoms with van der Waals surface area (Å²) in [6, 6.07) is 5.70. The van der Waals surface area contributed by atoms with Crippen LogP contribution in [0.15, 0.2) is 22.7 Å². The number of amides is 1. The summed E-state index contributed by atoms with van der Waals surface area (Å²) in [5.74, 6) is -0.104. The van der Waals surface area contributed by atoms with Crippen molar-refractivity contribution in [3.63, 3.8) is 0 Å². The van der Waals surface area contributed by atoms with Crippen LogP contribution in [0.5, 0.6) is 0 Å². The fourth-order valence-corrected chi connectivity index (χ4v) is 1.86. The molecule has 0 N–H and O–H groups in total. The van der Waals surface area contributed by atoms with E-state index in [2.05, 4.69) is 15.9 Å². The van der Waals surface area contributed by atoms with E-state index in [1.165, 1.54) is 4.90 Å². The van der Waals surface area contributed by atoms with Gasteiger partial charge < -0.3 is 4.90 Å². The number of aryl methyl sites for hydroxylation is 1. The Bertz CT molecular complexity index is 379. The number of likely N-dealkylation sites (N-methyl/N-ethyl adjacent to an activating group) is 1. The van der Waals surface area contributed by atoms with Gasteiger partial charge in [-0.1, -0.05) is 28.1 Å². The van der Waals surface area contributed by atoms with Gasteiger partial charge in [-0.15, -0.1) is 11.6 Å². The molecular formula is C11H13BrClNO. The maximum Gasteiger partial charge on any atom is 0.244 e. The van der Waals surface area contributed by atoms with Crippen molar-refractivity contribution in [2.75, 3.05) is 14.1 Å². The molecule has 0 fully saturated rings. The number of benzene rings is 1. The molecule has 0 spiro atoms. The minimum atomic E-state index is -0.614. The Labute approximate surface area is 103 Å². The number of hydrogen-bond acceptors (Lipinski definition) is 1. The lowest BCUT2D eigenvalue weighted by Crippen LogP contribution is -2.25. The van der Waals surface area contributed by atoms with E-state index in [4.69, 9.17) is 11.6 Å². The zero-order valence-electron chi connectivity index (χ0n) is 8.92. The van der Waals surface area contributed by atoms with Gasteiger partial charge in [-0.25, -0.2) is 0 Å². The lowest BCUT2D eigenvalue weighted by atomic mass is 10.1. The first-order valence-corrected chi connectivity index (χ1v) is 5.77. The number of nitrogens with zero attached hydrogens (tertiary/aromatic N) is 1. The lowest BCUT2D eigenvalue weighted by Gasteiger charge is -2.15. The van der Waals surface area contributed by atoms with Gasteiger partial charge in [-0.05, 0) is 24.1 Å². The van der Waals surface area contributed by atoms with E-state index in [1.807, 2.05) is 25.1 Å². The average molecular weight is 291 g/mol. The summed E-state index contributed by atoms with van der Waals surface area (Å²) in [6.07, 6.45) is 0. The molecule has 0 radical (unpaired) electrons. The first kappa shape index (κ1) is 12.5. The highest BCUT2D eigenvalue weighted by atomic mass is 79.9. The van der Waals surface area contributed by atoms with Crippen LogP contribution in [0.2, 0.25) is 0 Å². The number of alkyl halides is 1. The van der Waals surface area contributed by atoms with Crippen molar-refractivity contribution in [1.82, 2.24) is 4.90 Å². The van der Waals surface area contributed by atoms with Gasteiger partial charge in [0.15, 0.2) is 0 Å². The van der Waals surface area contributed by atoms with Crippen LogP contribution in [-0.4, -0.2) is 24.9 Å². The Balaban J connectivity index is 2.97. The number of carbonyl (C=O) groups excluding carboxylic acids is 1. The predicted octanol–water partition coefficient (Wildman–Crippen LogP) is 3.13. The van der Waals surface area contributed by atoms with E-state index in [1.54, 1.807) is 14.1 Å². The second kappa shape index (κ2) is 4.99. The molecule has 0 aliphatic rings. The smallest absolute Gasteiger partial charge is 0.244 e. The van der Waals surface area contributed by atoms with Gasteiger partial charge in [-0.2, -0.15) is 0 Å². The zero-order valence-corrected chi connectivity index (χ0v) is 11.3. The Hall–Kier alpha value is -0.540. The molecule has 82 valence electrons. The maximum absolute atomic E-state index is 11.6. The van der Waals surface area contributed by atoms with E-state index in [0.29, 0.717) is 0 Å². The van der Waals surface area contributed by atoms with Gasteiger partial charge in [0.25, 0.3) is 0 Å². The molecule has 0 heterocycles. The zero-order chi connectivity index (χ0) is 11.6. The molecule has 1 amide bonds. The van der Waals surface area contributed by atoms with E-state index in [0.717, 1.165) is 15.6 Å². The average Bonchev–Trinajstić information content (AvgIpc) is 2.19. The van der Waals surface area contributed by atoms with Crippen LogP contribution in [0, 0.1) is 6.92 Å². The molecular weight excluding hydrogens is 277 g/mol. The minimum absolute atomic E-state index is 0.104. The van der Waals surface area contributed by atoms with Crippen LogP contribution in [0.3, 0.4) is 0 Å². The Morgan fingerprint density at radius 2 is 2.07 bits per heavy atom.